The minimum Gasteiger partial charge on any atom is -0.494 e. The lowest BCUT2D eigenvalue weighted by molar-refractivity contribution is -0.125. The second-order valence-corrected chi connectivity index (χ2v) is 11.5. The van der Waals surface area contributed by atoms with Gasteiger partial charge in [-0.05, 0) is 32.6 Å². The molecule has 2 aliphatic rings. The summed E-state index contributed by atoms with van der Waals surface area (Å²) in [5, 5.41) is 6.67. The SMILES string of the molecule is COc1cc(N2CCNCC2)ccc1Nc1ncc2nc(-c3ccccc3)c(=O)n([C@H]3CCN(C(=O)/C=C/CN(C)C)C3)c2n1. The van der Waals surface area contributed by atoms with Crippen molar-refractivity contribution in [1.29, 1.82) is 0 Å². The van der Waals surface area contributed by atoms with Crippen LogP contribution in [0.3, 0.4) is 0 Å². The van der Waals surface area contributed by atoms with Crippen molar-refractivity contribution in [1.82, 2.24) is 34.6 Å². The predicted octanol–water partition coefficient (Wildman–Crippen LogP) is 2.91. The van der Waals surface area contributed by atoms with Gasteiger partial charge in [-0.1, -0.05) is 36.4 Å². The number of hydrogen-bond donors (Lipinski definition) is 2. The van der Waals surface area contributed by atoms with E-state index in [-0.39, 0.29) is 17.5 Å². The molecule has 0 spiro atoms. The van der Waals surface area contributed by atoms with Gasteiger partial charge in [0, 0.05) is 69.2 Å². The number of ether oxygens (including phenoxy) is 1. The molecule has 0 saturated carbocycles. The van der Waals surface area contributed by atoms with Crippen molar-refractivity contribution in [2.24, 2.45) is 0 Å². The lowest BCUT2D eigenvalue weighted by Gasteiger charge is -2.30. The van der Waals surface area contributed by atoms with E-state index in [2.05, 4.69) is 26.6 Å². The van der Waals surface area contributed by atoms with Gasteiger partial charge in [-0.25, -0.2) is 9.97 Å². The van der Waals surface area contributed by atoms with Crippen molar-refractivity contribution in [3.05, 3.63) is 77.2 Å². The third-order valence-electron chi connectivity index (χ3n) is 8.16. The van der Waals surface area contributed by atoms with Crippen LogP contribution in [0, 0.1) is 0 Å². The Morgan fingerprint density at radius 3 is 2.67 bits per heavy atom. The zero-order valence-electron chi connectivity index (χ0n) is 25.9. The van der Waals surface area contributed by atoms with Crippen molar-refractivity contribution in [3.63, 3.8) is 0 Å². The second-order valence-electron chi connectivity index (χ2n) is 11.5. The van der Waals surface area contributed by atoms with Gasteiger partial charge in [0.2, 0.25) is 11.9 Å². The summed E-state index contributed by atoms with van der Waals surface area (Å²) in [5.74, 6) is 0.912. The fourth-order valence-corrected chi connectivity index (χ4v) is 5.83. The van der Waals surface area contributed by atoms with Crippen LogP contribution in [-0.2, 0) is 4.79 Å². The minimum atomic E-state index is -0.271. The number of nitrogens with zero attached hydrogens (tertiary/aromatic N) is 7. The molecule has 2 aliphatic heterocycles. The molecule has 45 heavy (non-hydrogen) atoms. The maximum Gasteiger partial charge on any atom is 0.279 e. The molecule has 12 nitrogen and oxygen atoms in total. The standard InChI is InChI=1S/C33H39N9O3/c1-39(2)16-7-10-29(43)41-17-13-25(22-41)42-31-27(36-30(32(42)44)23-8-5-4-6-9-23)21-35-33(38-31)37-26-12-11-24(20-28(26)45-3)40-18-14-34-15-19-40/h4-12,20-21,25,34H,13-19,22H2,1-3H3,(H,35,37,38)/b10-7+/t25-/m0/s1. The number of aromatic nitrogens is 4. The highest BCUT2D eigenvalue weighted by Gasteiger charge is 2.30. The molecule has 6 rings (SSSR count). The van der Waals surface area contributed by atoms with E-state index >= 15 is 0 Å². The molecule has 2 aromatic carbocycles. The van der Waals surface area contributed by atoms with Crippen LogP contribution >= 0.6 is 0 Å². The second kappa shape index (κ2) is 13.4. The lowest BCUT2D eigenvalue weighted by Crippen LogP contribution is -2.43. The van der Waals surface area contributed by atoms with Gasteiger partial charge in [0.15, 0.2) is 5.65 Å². The van der Waals surface area contributed by atoms with E-state index in [4.69, 9.17) is 14.7 Å². The van der Waals surface area contributed by atoms with Crippen LogP contribution < -0.4 is 25.8 Å². The first kappa shape index (κ1) is 30.2. The molecule has 0 unspecified atom stereocenters. The molecular formula is C33H39N9O3. The normalized spacial score (nSPS) is 17.0. The van der Waals surface area contributed by atoms with Crippen molar-refractivity contribution < 1.29 is 9.53 Å². The molecule has 2 saturated heterocycles. The van der Waals surface area contributed by atoms with E-state index in [9.17, 15) is 9.59 Å². The largest absolute Gasteiger partial charge is 0.494 e. The molecule has 4 heterocycles. The Hall–Kier alpha value is -4.81. The van der Waals surface area contributed by atoms with E-state index < -0.39 is 0 Å². The van der Waals surface area contributed by atoms with E-state index in [0.717, 1.165) is 31.9 Å². The molecule has 0 bridgehead atoms. The summed E-state index contributed by atoms with van der Waals surface area (Å²) in [5.41, 5.74) is 3.49. The quantitative estimate of drug-likeness (QED) is 0.274. The molecule has 4 aromatic rings. The van der Waals surface area contributed by atoms with E-state index in [1.54, 1.807) is 28.8 Å². The summed E-state index contributed by atoms with van der Waals surface area (Å²) < 4.78 is 7.42. The first-order valence-corrected chi connectivity index (χ1v) is 15.3. The monoisotopic (exact) mass is 609 g/mol. The number of carbonyl (C=O) groups excluding carboxylic acids is 1. The number of carbonyl (C=O) groups is 1. The zero-order valence-corrected chi connectivity index (χ0v) is 25.9. The molecule has 2 N–H and O–H groups in total. The summed E-state index contributed by atoms with van der Waals surface area (Å²) in [6.07, 6.45) is 5.72. The van der Waals surface area contributed by atoms with Gasteiger partial charge in [-0.2, -0.15) is 4.98 Å². The van der Waals surface area contributed by atoms with Crippen LogP contribution in [0.2, 0.25) is 0 Å². The maximum absolute atomic E-state index is 14.1. The average molecular weight is 610 g/mol. The van der Waals surface area contributed by atoms with Crippen LogP contribution in [0.15, 0.2) is 71.7 Å². The molecule has 2 aromatic heterocycles. The first-order valence-electron chi connectivity index (χ1n) is 15.3. The Balaban J connectivity index is 1.35. The smallest absolute Gasteiger partial charge is 0.279 e. The van der Waals surface area contributed by atoms with Crippen LogP contribution in [0.5, 0.6) is 5.75 Å². The third kappa shape index (κ3) is 6.66. The summed E-state index contributed by atoms with van der Waals surface area (Å²) in [4.78, 5) is 47.3. The summed E-state index contributed by atoms with van der Waals surface area (Å²) in [6.45, 7) is 5.34. The molecule has 1 amide bonds. The number of likely N-dealkylation sites (tertiary alicyclic amines) is 1. The number of rotatable bonds is 9. The Kier molecular flexibility index (Phi) is 9.03. The molecule has 2 fully saturated rings. The number of nitrogens with one attached hydrogen (secondary N) is 2. The number of fused-ring (bicyclic) bond motifs is 1. The minimum absolute atomic E-state index is 0.0672. The third-order valence-corrected chi connectivity index (χ3v) is 8.16. The van der Waals surface area contributed by atoms with Crippen LogP contribution in [0.1, 0.15) is 12.5 Å². The van der Waals surface area contributed by atoms with Gasteiger partial charge < -0.3 is 30.1 Å². The average Bonchev–Trinajstić information content (AvgIpc) is 3.55. The predicted molar refractivity (Wildman–Crippen MR) is 176 cm³/mol. The van der Waals surface area contributed by atoms with Gasteiger partial charge >= 0.3 is 0 Å². The van der Waals surface area contributed by atoms with Gasteiger partial charge in [-0.3, -0.25) is 14.2 Å². The van der Waals surface area contributed by atoms with Gasteiger partial charge in [0.05, 0.1) is 25.0 Å². The fourth-order valence-electron chi connectivity index (χ4n) is 5.83. The summed E-state index contributed by atoms with van der Waals surface area (Å²) in [7, 11) is 5.55. The number of likely N-dealkylation sites (N-methyl/N-ethyl adjacent to an activating group) is 1. The van der Waals surface area contributed by atoms with Gasteiger partial charge in [-0.15, -0.1) is 0 Å². The Morgan fingerprint density at radius 1 is 1.11 bits per heavy atom. The van der Waals surface area contributed by atoms with Crippen molar-refractivity contribution >= 4 is 34.4 Å². The van der Waals surface area contributed by atoms with Crippen LogP contribution in [0.4, 0.5) is 17.3 Å². The van der Waals surface area contributed by atoms with Crippen molar-refractivity contribution in [2.75, 3.05) is 77.2 Å². The maximum atomic E-state index is 14.1. The van der Waals surface area contributed by atoms with Gasteiger partial charge in [0.25, 0.3) is 5.56 Å². The Labute approximate surface area is 262 Å². The number of methoxy groups -OCH3 is 1. The first-order chi connectivity index (χ1) is 21.9. The molecule has 0 radical (unpaired) electrons. The summed E-state index contributed by atoms with van der Waals surface area (Å²) in [6, 6.07) is 15.1. The number of piperazine rings is 1. The zero-order chi connectivity index (χ0) is 31.3. The highest BCUT2D eigenvalue weighted by atomic mass is 16.5. The molecule has 0 aliphatic carbocycles. The number of hydrogen-bond acceptors (Lipinski definition) is 10. The lowest BCUT2D eigenvalue weighted by atomic mass is 10.1. The molecular weight excluding hydrogens is 570 g/mol. The molecule has 1 atom stereocenters. The van der Waals surface area contributed by atoms with Crippen LogP contribution in [0.25, 0.3) is 22.4 Å². The highest BCUT2D eigenvalue weighted by molar-refractivity contribution is 5.88. The molecule has 234 valence electrons. The molecule has 12 heteroatoms. The van der Waals surface area contributed by atoms with Crippen molar-refractivity contribution in [2.45, 2.75) is 12.5 Å². The Bertz CT molecular complexity index is 1750. The topological polar surface area (TPSA) is 121 Å². The van der Waals surface area contributed by atoms with E-state index in [0.29, 0.717) is 65.9 Å². The number of amides is 1. The van der Waals surface area contributed by atoms with Crippen molar-refractivity contribution in [3.8, 4) is 17.0 Å². The fraction of sp³-hybridized carbons (Fsp3) is 0.364. The highest BCUT2D eigenvalue weighted by Crippen LogP contribution is 2.32. The van der Waals surface area contributed by atoms with E-state index in [1.165, 1.54) is 0 Å². The number of benzene rings is 2. The van der Waals surface area contributed by atoms with Crippen LogP contribution in [-0.4, -0.2) is 102 Å². The van der Waals surface area contributed by atoms with E-state index in [1.807, 2.05) is 67.5 Å². The number of anilines is 3. The van der Waals surface area contributed by atoms with Gasteiger partial charge in [0.1, 0.15) is 17.0 Å². The Morgan fingerprint density at radius 2 is 1.91 bits per heavy atom. The summed E-state index contributed by atoms with van der Waals surface area (Å²) >= 11 is 0.